The summed E-state index contributed by atoms with van der Waals surface area (Å²) in [6, 6.07) is -0.360. The third-order valence-corrected chi connectivity index (χ3v) is 2.97. The number of nitrogens with one attached hydrogen (secondary N) is 1. The monoisotopic (exact) mass is 256 g/mol. The molecule has 1 aliphatic rings. The van der Waals surface area contributed by atoms with Crippen LogP contribution in [0.25, 0.3) is 0 Å². The molecule has 2 atom stereocenters. The summed E-state index contributed by atoms with van der Waals surface area (Å²) in [4.78, 5) is 25.5. The Morgan fingerprint density at radius 2 is 2.06 bits per heavy atom. The van der Waals surface area contributed by atoms with E-state index >= 15 is 0 Å². The van der Waals surface area contributed by atoms with Crippen LogP contribution in [0.3, 0.4) is 0 Å². The molecule has 104 valence electrons. The molecule has 0 bridgehead atoms. The zero-order valence-electron chi connectivity index (χ0n) is 11.7. The van der Waals surface area contributed by atoms with E-state index in [1.807, 2.05) is 20.8 Å². The Balaban J connectivity index is 2.61. The second kappa shape index (κ2) is 6.73. The minimum Gasteiger partial charge on any atom is -0.384 e. The van der Waals surface area contributed by atoms with Crippen molar-refractivity contribution in [2.75, 3.05) is 26.8 Å². The highest BCUT2D eigenvalue weighted by Crippen LogP contribution is 2.13. The topological polar surface area (TPSA) is 58.6 Å². The number of piperazine rings is 1. The van der Waals surface area contributed by atoms with Gasteiger partial charge in [-0.05, 0) is 18.3 Å². The molecule has 1 rings (SSSR count). The molecule has 2 amide bonds. The van der Waals surface area contributed by atoms with Gasteiger partial charge < -0.3 is 15.0 Å². The lowest BCUT2D eigenvalue weighted by Gasteiger charge is -2.34. The van der Waals surface area contributed by atoms with Gasteiger partial charge in [-0.25, -0.2) is 0 Å². The average molecular weight is 256 g/mol. The van der Waals surface area contributed by atoms with Gasteiger partial charge >= 0.3 is 0 Å². The van der Waals surface area contributed by atoms with E-state index in [1.54, 1.807) is 12.0 Å². The van der Waals surface area contributed by atoms with Gasteiger partial charge in [-0.3, -0.25) is 9.59 Å². The first-order chi connectivity index (χ1) is 8.43. The molecule has 5 nitrogen and oxygen atoms in total. The number of ether oxygens (including phenoxy) is 1. The van der Waals surface area contributed by atoms with E-state index in [0.29, 0.717) is 25.5 Å². The van der Waals surface area contributed by atoms with Crippen molar-refractivity contribution < 1.29 is 14.3 Å². The van der Waals surface area contributed by atoms with Crippen molar-refractivity contribution in [2.24, 2.45) is 11.8 Å². The molecule has 5 heteroatoms. The number of methoxy groups -OCH3 is 1. The van der Waals surface area contributed by atoms with Crippen LogP contribution in [0.4, 0.5) is 0 Å². The molecule has 18 heavy (non-hydrogen) atoms. The molecule has 1 heterocycles. The minimum atomic E-state index is -0.360. The first kappa shape index (κ1) is 15.0. The Kier molecular flexibility index (Phi) is 5.59. The van der Waals surface area contributed by atoms with Crippen molar-refractivity contribution in [1.82, 2.24) is 10.2 Å². The molecule has 0 aliphatic carbocycles. The van der Waals surface area contributed by atoms with Crippen LogP contribution in [-0.2, 0) is 14.3 Å². The molecule has 1 N–H and O–H groups in total. The Hall–Kier alpha value is -1.10. The van der Waals surface area contributed by atoms with Gasteiger partial charge in [0.05, 0.1) is 13.2 Å². The van der Waals surface area contributed by atoms with Crippen molar-refractivity contribution >= 4 is 11.8 Å². The van der Waals surface area contributed by atoms with Gasteiger partial charge in [0.15, 0.2) is 0 Å². The second-order valence-corrected chi connectivity index (χ2v) is 5.53. The van der Waals surface area contributed by atoms with Gasteiger partial charge in [0.2, 0.25) is 11.8 Å². The fourth-order valence-electron chi connectivity index (χ4n) is 2.27. The van der Waals surface area contributed by atoms with Crippen LogP contribution < -0.4 is 5.32 Å². The first-order valence-electron chi connectivity index (χ1n) is 6.51. The van der Waals surface area contributed by atoms with E-state index in [2.05, 4.69) is 5.32 Å². The maximum atomic E-state index is 12.2. The molecule has 1 aliphatic heterocycles. The summed E-state index contributed by atoms with van der Waals surface area (Å²) in [5, 5.41) is 2.77. The lowest BCUT2D eigenvalue weighted by molar-refractivity contribution is -0.145. The highest BCUT2D eigenvalue weighted by molar-refractivity contribution is 5.94. The van der Waals surface area contributed by atoms with Gasteiger partial charge in [-0.2, -0.15) is 0 Å². The average Bonchev–Trinajstić information content (AvgIpc) is 2.24. The van der Waals surface area contributed by atoms with Crippen LogP contribution in [0.15, 0.2) is 0 Å². The number of hydrogen-bond donors (Lipinski definition) is 1. The zero-order valence-corrected chi connectivity index (χ0v) is 11.7. The maximum Gasteiger partial charge on any atom is 0.245 e. The third kappa shape index (κ3) is 4.29. The lowest BCUT2D eigenvalue weighted by atomic mass is 10.0. The van der Waals surface area contributed by atoms with Gasteiger partial charge in [-0.15, -0.1) is 0 Å². The summed E-state index contributed by atoms with van der Waals surface area (Å²) < 4.78 is 5.06. The van der Waals surface area contributed by atoms with E-state index in [9.17, 15) is 9.59 Å². The summed E-state index contributed by atoms with van der Waals surface area (Å²) in [7, 11) is 1.64. The highest BCUT2D eigenvalue weighted by atomic mass is 16.5. The molecular formula is C13H24N2O3. The van der Waals surface area contributed by atoms with Crippen molar-refractivity contribution in [3.05, 3.63) is 0 Å². The predicted molar refractivity (Wildman–Crippen MR) is 69.0 cm³/mol. The molecule has 1 saturated heterocycles. The van der Waals surface area contributed by atoms with E-state index in [-0.39, 0.29) is 30.3 Å². The van der Waals surface area contributed by atoms with Gasteiger partial charge in [0.1, 0.15) is 6.04 Å². The quantitative estimate of drug-likeness (QED) is 0.759. The smallest absolute Gasteiger partial charge is 0.245 e. The molecular weight excluding hydrogens is 232 g/mol. The number of hydrogen-bond acceptors (Lipinski definition) is 3. The standard InChI is InChI=1S/C13H24N2O3/c1-9(2)5-11-13(17)15(7-12(16)14-11)6-10(3)8-18-4/h9-11H,5-8H2,1-4H3,(H,14,16). The van der Waals surface area contributed by atoms with Gasteiger partial charge in [-0.1, -0.05) is 20.8 Å². The molecule has 0 radical (unpaired) electrons. The molecule has 0 aromatic carbocycles. The Morgan fingerprint density at radius 3 is 2.61 bits per heavy atom. The van der Waals surface area contributed by atoms with Crippen molar-refractivity contribution in [3.63, 3.8) is 0 Å². The SMILES string of the molecule is COCC(C)CN1CC(=O)NC(CC(C)C)C1=O. The van der Waals surface area contributed by atoms with Crippen molar-refractivity contribution in [3.8, 4) is 0 Å². The van der Waals surface area contributed by atoms with Crippen LogP contribution in [0.2, 0.25) is 0 Å². The Morgan fingerprint density at radius 1 is 1.39 bits per heavy atom. The predicted octanol–water partition coefficient (Wildman–Crippen LogP) is 0.642. The van der Waals surface area contributed by atoms with Crippen molar-refractivity contribution in [2.45, 2.75) is 33.2 Å². The highest BCUT2D eigenvalue weighted by Gasteiger charge is 2.33. The summed E-state index contributed by atoms with van der Waals surface area (Å²) in [6.07, 6.45) is 0.694. The second-order valence-electron chi connectivity index (χ2n) is 5.53. The lowest BCUT2D eigenvalue weighted by Crippen LogP contribution is -2.59. The van der Waals surface area contributed by atoms with Crippen LogP contribution in [0.1, 0.15) is 27.2 Å². The number of rotatable bonds is 6. The summed E-state index contributed by atoms with van der Waals surface area (Å²) >= 11 is 0. The molecule has 0 aromatic rings. The molecule has 0 aromatic heterocycles. The number of amides is 2. The number of nitrogens with zero attached hydrogens (tertiary/aromatic N) is 1. The number of carbonyl (C=O) groups is 2. The number of carbonyl (C=O) groups excluding carboxylic acids is 2. The van der Waals surface area contributed by atoms with E-state index in [1.165, 1.54) is 0 Å². The molecule has 0 saturated carbocycles. The summed E-state index contributed by atoms with van der Waals surface area (Å²) in [5.74, 6) is 0.594. The van der Waals surface area contributed by atoms with Gasteiger partial charge in [0, 0.05) is 13.7 Å². The van der Waals surface area contributed by atoms with Crippen LogP contribution in [0, 0.1) is 11.8 Å². The minimum absolute atomic E-state index is 0.0336. The van der Waals surface area contributed by atoms with E-state index in [4.69, 9.17) is 4.74 Å². The molecule has 2 unspecified atom stereocenters. The zero-order chi connectivity index (χ0) is 13.7. The van der Waals surface area contributed by atoms with Crippen LogP contribution in [-0.4, -0.2) is 49.6 Å². The Bertz CT molecular complexity index is 305. The van der Waals surface area contributed by atoms with Gasteiger partial charge in [0.25, 0.3) is 0 Å². The van der Waals surface area contributed by atoms with Crippen LogP contribution >= 0.6 is 0 Å². The van der Waals surface area contributed by atoms with Crippen LogP contribution in [0.5, 0.6) is 0 Å². The van der Waals surface area contributed by atoms with Crippen molar-refractivity contribution in [1.29, 1.82) is 0 Å². The largest absolute Gasteiger partial charge is 0.384 e. The first-order valence-corrected chi connectivity index (χ1v) is 6.51. The Labute approximate surface area is 109 Å². The summed E-state index contributed by atoms with van der Waals surface area (Å²) in [6.45, 7) is 7.45. The maximum absolute atomic E-state index is 12.2. The fraction of sp³-hybridized carbons (Fsp3) is 0.846. The summed E-state index contributed by atoms with van der Waals surface area (Å²) in [5.41, 5.74) is 0. The van der Waals surface area contributed by atoms with E-state index in [0.717, 1.165) is 0 Å². The normalized spacial score (nSPS) is 22.3. The third-order valence-electron chi connectivity index (χ3n) is 2.97. The van der Waals surface area contributed by atoms with E-state index < -0.39 is 0 Å². The molecule has 0 spiro atoms. The fourth-order valence-corrected chi connectivity index (χ4v) is 2.27. The molecule has 1 fully saturated rings.